The lowest BCUT2D eigenvalue weighted by Crippen LogP contribution is -2.57. The van der Waals surface area contributed by atoms with Gasteiger partial charge in [0.15, 0.2) is 5.75 Å². The van der Waals surface area contributed by atoms with E-state index in [1.165, 1.54) is 31.5 Å². The highest BCUT2D eigenvalue weighted by Gasteiger charge is 2.52. The maximum atomic E-state index is 13.2. The summed E-state index contributed by atoms with van der Waals surface area (Å²) in [4.78, 5) is 50.5. The molecule has 0 saturated carbocycles. The van der Waals surface area contributed by atoms with E-state index in [1.807, 2.05) is 0 Å². The molecule has 1 atom stereocenters. The molecule has 1 unspecified atom stereocenters. The topological polar surface area (TPSA) is 158 Å². The van der Waals surface area contributed by atoms with Crippen LogP contribution in [-0.2, 0) is 14.4 Å². The molecule has 0 fully saturated rings. The minimum absolute atomic E-state index is 0.0283. The van der Waals surface area contributed by atoms with Crippen LogP contribution in [0.5, 0.6) is 11.6 Å². The fourth-order valence-corrected chi connectivity index (χ4v) is 3.37. The third-order valence-electron chi connectivity index (χ3n) is 4.97. The number of rotatable bonds is 11. The standard InChI is InChI=1S/C23H20ClN5O7/c1-3-28(34-2)22(31)23(14-25,36-19-7-5-4-6-18(19)29(32)33)20(30)10-11-35-21-13-26-17-12-15(24)8-9-16(17)27-21/h4-9,12-13H,3,10-11H2,1-2H3. The molecule has 0 aliphatic heterocycles. The number of hydrogen-bond acceptors (Lipinski definition) is 10. The smallest absolute Gasteiger partial charge is 0.332 e. The minimum atomic E-state index is -2.77. The normalized spacial score (nSPS) is 12.3. The summed E-state index contributed by atoms with van der Waals surface area (Å²) in [5, 5.41) is 22.6. The third-order valence-corrected chi connectivity index (χ3v) is 5.21. The van der Waals surface area contributed by atoms with E-state index in [0.29, 0.717) is 16.1 Å². The van der Waals surface area contributed by atoms with Gasteiger partial charge in [0.05, 0.1) is 35.9 Å². The van der Waals surface area contributed by atoms with Crippen molar-refractivity contribution >= 4 is 40.0 Å². The number of Topliss-reactive ketones (excluding diaryl/α,β-unsaturated/α-hetero) is 1. The maximum absolute atomic E-state index is 13.2. The number of fused-ring (bicyclic) bond motifs is 1. The molecule has 2 aromatic carbocycles. The number of aromatic nitrogens is 2. The van der Waals surface area contributed by atoms with E-state index in [9.17, 15) is 25.0 Å². The summed E-state index contributed by atoms with van der Waals surface area (Å²) in [6, 6.07) is 11.6. The van der Waals surface area contributed by atoms with E-state index in [0.717, 1.165) is 11.1 Å². The largest absolute Gasteiger partial charge is 0.476 e. The number of hydrogen-bond donors (Lipinski definition) is 0. The van der Waals surface area contributed by atoms with Crippen molar-refractivity contribution in [2.45, 2.75) is 18.9 Å². The fraction of sp³-hybridized carbons (Fsp3) is 0.261. The molecule has 0 aliphatic rings. The summed E-state index contributed by atoms with van der Waals surface area (Å²) in [6.07, 6.45) is 0.862. The van der Waals surface area contributed by atoms with Crippen LogP contribution in [-0.4, -0.2) is 57.5 Å². The summed E-state index contributed by atoms with van der Waals surface area (Å²) in [5.74, 6) is -2.47. The Balaban J connectivity index is 1.86. The van der Waals surface area contributed by atoms with Gasteiger partial charge in [0.2, 0.25) is 11.7 Å². The highest BCUT2D eigenvalue weighted by molar-refractivity contribution is 6.31. The molecule has 186 valence electrons. The van der Waals surface area contributed by atoms with Crippen molar-refractivity contribution < 1.29 is 28.8 Å². The molecule has 13 heteroatoms. The lowest BCUT2D eigenvalue weighted by molar-refractivity contribution is -0.386. The Bertz CT molecular complexity index is 1340. The van der Waals surface area contributed by atoms with Crippen LogP contribution in [0.3, 0.4) is 0 Å². The zero-order valence-corrected chi connectivity index (χ0v) is 20.0. The van der Waals surface area contributed by atoms with Gasteiger partial charge in [-0.25, -0.2) is 15.0 Å². The molecule has 12 nitrogen and oxygen atoms in total. The Morgan fingerprint density at radius 3 is 2.67 bits per heavy atom. The third kappa shape index (κ3) is 5.48. The SMILES string of the molecule is CCN(OC)C(=O)C(C#N)(Oc1ccccc1[N+](=O)[O-])C(=O)CCOc1cnc2cc(Cl)ccc2n1. The number of nitro benzene ring substituents is 1. The number of nitrogens with zero attached hydrogens (tertiary/aromatic N) is 5. The lowest BCUT2D eigenvalue weighted by atomic mass is 9.95. The van der Waals surface area contributed by atoms with E-state index >= 15 is 0 Å². The molecule has 0 saturated heterocycles. The van der Waals surface area contributed by atoms with Crippen LogP contribution in [0.25, 0.3) is 11.0 Å². The van der Waals surface area contributed by atoms with Crippen molar-refractivity contribution in [2.24, 2.45) is 0 Å². The molecular weight excluding hydrogens is 494 g/mol. The van der Waals surface area contributed by atoms with Crippen LogP contribution in [0, 0.1) is 21.4 Å². The molecule has 0 radical (unpaired) electrons. The fourth-order valence-electron chi connectivity index (χ4n) is 3.20. The minimum Gasteiger partial charge on any atom is -0.476 e. The average molecular weight is 514 g/mol. The van der Waals surface area contributed by atoms with Gasteiger partial charge in [-0.05, 0) is 31.2 Å². The monoisotopic (exact) mass is 513 g/mol. The van der Waals surface area contributed by atoms with E-state index in [1.54, 1.807) is 31.2 Å². The summed E-state index contributed by atoms with van der Waals surface area (Å²) >= 11 is 5.94. The molecule has 0 N–H and O–H groups in total. The molecule has 0 bridgehead atoms. The number of para-hydroxylation sites is 2. The van der Waals surface area contributed by atoms with Gasteiger partial charge in [0.1, 0.15) is 6.07 Å². The van der Waals surface area contributed by atoms with Crippen molar-refractivity contribution in [3.05, 3.63) is 63.8 Å². The number of ketones is 1. The Labute approximate surface area is 210 Å². The number of ether oxygens (including phenoxy) is 2. The second kappa shape index (κ2) is 11.4. The molecule has 0 aliphatic carbocycles. The maximum Gasteiger partial charge on any atom is 0.332 e. The number of carbonyl (C=O) groups is 2. The molecule has 1 amide bonds. The number of benzene rings is 2. The molecule has 1 heterocycles. The van der Waals surface area contributed by atoms with Crippen molar-refractivity contribution in [3.8, 4) is 17.7 Å². The molecule has 0 spiro atoms. The van der Waals surface area contributed by atoms with Crippen molar-refractivity contribution in [2.75, 3.05) is 20.3 Å². The molecular formula is C23H20ClN5O7. The highest BCUT2D eigenvalue weighted by Crippen LogP contribution is 2.31. The number of amides is 1. The Morgan fingerprint density at radius 2 is 2.00 bits per heavy atom. The summed E-state index contributed by atoms with van der Waals surface area (Å²) in [5.41, 5.74) is -2.26. The second-order valence-corrected chi connectivity index (χ2v) is 7.60. The summed E-state index contributed by atoms with van der Waals surface area (Å²) in [6.45, 7) is 1.23. The van der Waals surface area contributed by atoms with Crippen molar-refractivity contribution in [1.82, 2.24) is 15.0 Å². The molecule has 36 heavy (non-hydrogen) atoms. The first kappa shape index (κ1) is 26.3. The lowest BCUT2D eigenvalue weighted by Gasteiger charge is -2.29. The van der Waals surface area contributed by atoms with Crippen LogP contribution in [0.1, 0.15) is 13.3 Å². The zero-order chi connectivity index (χ0) is 26.3. The van der Waals surface area contributed by atoms with E-state index in [2.05, 4.69) is 9.97 Å². The molecule has 3 rings (SSSR count). The molecule has 1 aromatic heterocycles. The number of carbonyl (C=O) groups excluding carboxylic acids is 2. The first-order valence-corrected chi connectivity index (χ1v) is 10.9. The van der Waals surface area contributed by atoms with Gasteiger partial charge < -0.3 is 9.47 Å². The number of nitriles is 1. The quantitative estimate of drug-likeness (QED) is 0.211. The van der Waals surface area contributed by atoms with Gasteiger partial charge in [-0.1, -0.05) is 23.7 Å². The Kier molecular flexibility index (Phi) is 8.31. The van der Waals surface area contributed by atoms with Crippen molar-refractivity contribution in [3.63, 3.8) is 0 Å². The van der Waals surface area contributed by atoms with Crippen LogP contribution in [0.2, 0.25) is 5.02 Å². The van der Waals surface area contributed by atoms with E-state index in [-0.39, 0.29) is 19.0 Å². The van der Waals surface area contributed by atoms with Crippen LogP contribution >= 0.6 is 11.6 Å². The number of hydroxylamine groups is 2. The predicted octanol–water partition coefficient (Wildman–Crippen LogP) is 3.28. The Morgan fingerprint density at radius 1 is 1.25 bits per heavy atom. The van der Waals surface area contributed by atoms with Gasteiger partial charge in [0.25, 0.3) is 0 Å². The first-order valence-electron chi connectivity index (χ1n) is 10.5. The van der Waals surface area contributed by atoms with Crippen LogP contribution < -0.4 is 9.47 Å². The van der Waals surface area contributed by atoms with Gasteiger partial charge in [0, 0.05) is 24.1 Å². The highest BCUT2D eigenvalue weighted by atomic mass is 35.5. The summed E-state index contributed by atoms with van der Waals surface area (Å²) < 4.78 is 11.0. The van der Waals surface area contributed by atoms with E-state index < -0.39 is 40.1 Å². The predicted molar refractivity (Wildman–Crippen MR) is 126 cm³/mol. The van der Waals surface area contributed by atoms with Gasteiger partial charge in [-0.15, -0.1) is 0 Å². The second-order valence-electron chi connectivity index (χ2n) is 7.17. The van der Waals surface area contributed by atoms with Gasteiger partial charge >= 0.3 is 17.2 Å². The average Bonchev–Trinajstić information content (AvgIpc) is 2.88. The molecule has 3 aromatic rings. The van der Waals surface area contributed by atoms with Crippen LogP contribution in [0.4, 0.5) is 5.69 Å². The van der Waals surface area contributed by atoms with Gasteiger partial charge in [-0.2, -0.15) is 5.26 Å². The summed E-state index contributed by atoms with van der Waals surface area (Å²) in [7, 11) is 1.17. The van der Waals surface area contributed by atoms with Gasteiger partial charge in [-0.3, -0.25) is 24.5 Å². The number of nitro groups is 1. The van der Waals surface area contributed by atoms with Crippen molar-refractivity contribution in [1.29, 1.82) is 5.26 Å². The zero-order valence-electron chi connectivity index (χ0n) is 19.2. The number of likely N-dealkylation sites (N-methyl/N-ethyl adjacent to an activating group) is 1. The van der Waals surface area contributed by atoms with Crippen LogP contribution in [0.15, 0.2) is 48.7 Å². The number of halogens is 1. The first-order chi connectivity index (χ1) is 17.2. The Hall–Kier alpha value is -4.34. The van der Waals surface area contributed by atoms with E-state index in [4.69, 9.17) is 25.9 Å².